The van der Waals surface area contributed by atoms with E-state index in [1.807, 2.05) is 13.0 Å². The van der Waals surface area contributed by atoms with Crippen LogP contribution >= 0.6 is 0 Å². The quantitative estimate of drug-likeness (QED) is 0.573. The number of hydrogen-bond donors (Lipinski definition) is 0. The number of para-hydroxylation sites is 1. The van der Waals surface area contributed by atoms with Crippen molar-refractivity contribution in [3.63, 3.8) is 0 Å². The summed E-state index contributed by atoms with van der Waals surface area (Å²) in [5.41, 5.74) is 1.10. The van der Waals surface area contributed by atoms with Gasteiger partial charge in [0, 0.05) is 11.6 Å². The Morgan fingerprint density at radius 2 is 2.00 bits per heavy atom. The summed E-state index contributed by atoms with van der Waals surface area (Å²) in [6, 6.07) is 12.2. The first kappa shape index (κ1) is 18.5. The molecule has 0 spiro atoms. The highest BCUT2D eigenvalue weighted by Crippen LogP contribution is 2.35. The Morgan fingerprint density at radius 3 is 2.74 bits per heavy atom. The molecule has 6 nitrogen and oxygen atoms in total. The van der Waals surface area contributed by atoms with E-state index in [-0.39, 0.29) is 11.5 Å². The highest BCUT2D eigenvalue weighted by Gasteiger charge is 2.28. The number of carbonyl (C=O) groups excluding carboxylic acids is 2. The van der Waals surface area contributed by atoms with Crippen LogP contribution in [0, 0.1) is 0 Å². The largest absolute Gasteiger partial charge is 0.494 e. The smallest absolute Gasteiger partial charge is 0.346 e. The number of Topliss-reactive ketones (excluding diaryl/α,β-unsaturated/α-hetero) is 1. The number of ketones is 1. The molecule has 2 aromatic carbocycles. The van der Waals surface area contributed by atoms with E-state index in [1.165, 1.54) is 7.11 Å². The molecule has 0 bridgehead atoms. The van der Waals surface area contributed by atoms with Gasteiger partial charge in [-0.3, -0.25) is 4.79 Å². The summed E-state index contributed by atoms with van der Waals surface area (Å²) in [5, 5.41) is 0. The minimum absolute atomic E-state index is 0.181. The van der Waals surface area contributed by atoms with E-state index in [4.69, 9.17) is 14.2 Å². The van der Waals surface area contributed by atoms with Crippen LogP contribution in [0.1, 0.15) is 29.8 Å². The van der Waals surface area contributed by atoms with E-state index < -0.39 is 12.1 Å². The average Bonchev–Trinajstić information content (AvgIpc) is 2.98. The molecular formula is C21H20O6. The number of hydrogen-bond acceptors (Lipinski definition) is 6. The molecule has 0 saturated heterocycles. The summed E-state index contributed by atoms with van der Waals surface area (Å²) in [5.74, 6) is 1.02. The van der Waals surface area contributed by atoms with Crippen LogP contribution in [0.2, 0.25) is 0 Å². The van der Waals surface area contributed by atoms with E-state index in [0.29, 0.717) is 35.0 Å². The number of methoxy groups -OCH3 is 1. The zero-order chi connectivity index (χ0) is 19.4. The van der Waals surface area contributed by atoms with Gasteiger partial charge in [0.2, 0.25) is 5.78 Å². The second-order valence-electron chi connectivity index (χ2n) is 5.85. The van der Waals surface area contributed by atoms with Crippen molar-refractivity contribution in [2.45, 2.75) is 20.0 Å². The minimum Gasteiger partial charge on any atom is -0.494 e. The molecule has 0 amide bonds. The van der Waals surface area contributed by atoms with Crippen LogP contribution in [0.25, 0.3) is 6.08 Å². The molecule has 3 rings (SSSR count). The molecular weight excluding hydrogens is 348 g/mol. The number of ether oxygens (including phenoxy) is 4. The SMILES string of the molecule is CCOc1ccc2c(c1)O/C(=C\c1ccccc1O[C@@H](C)C(=O)OC)C2=O. The Labute approximate surface area is 157 Å². The molecule has 6 heteroatoms. The molecule has 0 saturated carbocycles. The van der Waals surface area contributed by atoms with Gasteiger partial charge in [-0.15, -0.1) is 0 Å². The van der Waals surface area contributed by atoms with Gasteiger partial charge in [-0.25, -0.2) is 4.79 Å². The van der Waals surface area contributed by atoms with Crippen LogP contribution < -0.4 is 14.2 Å². The lowest BCUT2D eigenvalue weighted by Crippen LogP contribution is -2.25. The lowest BCUT2D eigenvalue weighted by molar-refractivity contribution is -0.147. The van der Waals surface area contributed by atoms with Crippen molar-refractivity contribution in [2.75, 3.05) is 13.7 Å². The molecule has 0 N–H and O–H groups in total. The van der Waals surface area contributed by atoms with Gasteiger partial charge in [0.05, 0.1) is 19.3 Å². The van der Waals surface area contributed by atoms with Crippen LogP contribution in [0.3, 0.4) is 0 Å². The van der Waals surface area contributed by atoms with Crippen LogP contribution in [0.4, 0.5) is 0 Å². The van der Waals surface area contributed by atoms with Crippen molar-refractivity contribution in [1.82, 2.24) is 0 Å². The summed E-state index contributed by atoms with van der Waals surface area (Å²) < 4.78 is 21.5. The predicted molar refractivity (Wildman–Crippen MR) is 99.1 cm³/mol. The number of fused-ring (bicyclic) bond motifs is 1. The van der Waals surface area contributed by atoms with Gasteiger partial charge in [0.1, 0.15) is 17.2 Å². The molecule has 1 aliphatic heterocycles. The maximum Gasteiger partial charge on any atom is 0.346 e. The van der Waals surface area contributed by atoms with E-state index >= 15 is 0 Å². The fourth-order valence-corrected chi connectivity index (χ4v) is 2.68. The number of rotatable bonds is 6. The first-order valence-corrected chi connectivity index (χ1v) is 8.58. The van der Waals surface area contributed by atoms with Crippen molar-refractivity contribution < 1.29 is 28.5 Å². The summed E-state index contributed by atoms with van der Waals surface area (Å²) >= 11 is 0. The fourth-order valence-electron chi connectivity index (χ4n) is 2.68. The molecule has 1 aliphatic rings. The zero-order valence-corrected chi connectivity index (χ0v) is 15.4. The number of carbonyl (C=O) groups is 2. The Morgan fingerprint density at radius 1 is 1.22 bits per heavy atom. The van der Waals surface area contributed by atoms with Gasteiger partial charge in [0.25, 0.3) is 0 Å². The third-order valence-corrected chi connectivity index (χ3v) is 3.99. The highest BCUT2D eigenvalue weighted by atomic mass is 16.6. The van der Waals surface area contributed by atoms with Gasteiger partial charge in [-0.2, -0.15) is 0 Å². The molecule has 2 aromatic rings. The highest BCUT2D eigenvalue weighted by molar-refractivity contribution is 6.14. The van der Waals surface area contributed by atoms with Crippen molar-refractivity contribution in [2.24, 2.45) is 0 Å². The third kappa shape index (κ3) is 3.95. The number of benzene rings is 2. The van der Waals surface area contributed by atoms with Gasteiger partial charge in [-0.05, 0) is 38.1 Å². The number of esters is 1. The molecule has 0 radical (unpaired) electrons. The summed E-state index contributed by atoms with van der Waals surface area (Å²) in [7, 11) is 1.30. The monoisotopic (exact) mass is 368 g/mol. The van der Waals surface area contributed by atoms with Crippen LogP contribution in [-0.4, -0.2) is 31.6 Å². The van der Waals surface area contributed by atoms with E-state index in [0.717, 1.165) is 0 Å². The standard InChI is InChI=1S/C21H20O6/c1-4-25-15-9-10-16-18(12-15)27-19(20(16)22)11-14-7-5-6-8-17(14)26-13(2)21(23)24-3/h5-13H,4H2,1-3H3/b19-11-/t13-/m0/s1. The molecule has 1 heterocycles. The molecule has 0 aromatic heterocycles. The fraction of sp³-hybridized carbons (Fsp3) is 0.238. The van der Waals surface area contributed by atoms with Gasteiger partial charge < -0.3 is 18.9 Å². The summed E-state index contributed by atoms with van der Waals surface area (Å²) in [6.07, 6.45) is 0.822. The summed E-state index contributed by atoms with van der Waals surface area (Å²) in [6.45, 7) is 4.01. The zero-order valence-electron chi connectivity index (χ0n) is 15.4. The van der Waals surface area contributed by atoms with Gasteiger partial charge >= 0.3 is 5.97 Å². The van der Waals surface area contributed by atoms with Crippen LogP contribution in [0.5, 0.6) is 17.2 Å². The van der Waals surface area contributed by atoms with Crippen molar-refractivity contribution in [3.8, 4) is 17.2 Å². The first-order chi connectivity index (χ1) is 13.0. The Kier molecular flexibility index (Phi) is 5.45. The van der Waals surface area contributed by atoms with Crippen LogP contribution in [0.15, 0.2) is 48.2 Å². The van der Waals surface area contributed by atoms with E-state index in [1.54, 1.807) is 49.4 Å². The molecule has 0 unspecified atom stereocenters. The first-order valence-electron chi connectivity index (χ1n) is 8.58. The Balaban J connectivity index is 1.87. The lowest BCUT2D eigenvalue weighted by Gasteiger charge is -2.14. The maximum absolute atomic E-state index is 12.6. The van der Waals surface area contributed by atoms with Crippen molar-refractivity contribution in [1.29, 1.82) is 0 Å². The second kappa shape index (κ2) is 7.95. The average molecular weight is 368 g/mol. The van der Waals surface area contributed by atoms with E-state index in [9.17, 15) is 9.59 Å². The van der Waals surface area contributed by atoms with Gasteiger partial charge in [0.15, 0.2) is 11.9 Å². The Hall–Kier alpha value is -3.28. The summed E-state index contributed by atoms with van der Waals surface area (Å²) in [4.78, 5) is 24.2. The van der Waals surface area contributed by atoms with Crippen molar-refractivity contribution >= 4 is 17.8 Å². The second-order valence-corrected chi connectivity index (χ2v) is 5.85. The normalized spacial score (nSPS) is 15.1. The predicted octanol–water partition coefficient (Wildman–Crippen LogP) is 3.64. The molecule has 140 valence electrons. The third-order valence-electron chi connectivity index (χ3n) is 3.99. The molecule has 27 heavy (non-hydrogen) atoms. The molecule has 0 aliphatic carbocycles. The van der Waals surface area contributed by atoms with Gasteiger partial charge in [-0.1, -0.05) is 18.2 Å². The minimum atomic E-state index is -0.777. The maximum atomic E-state index is 12.6. The Bertz CT molecular complexity index is 899. The lowest BCUT2D eigenvalue weighted by atomic mass is 10.1. The topological polar surface area (TPSA) is 71.1 Å². The van der Waals surface area contributed by atoms with Crippen LogP contribution in [-0.2, 0) is 9.53 Å². The molecule has 1 atom stereocenters. The molecule has 0 fully saturated rings. The van der Waals surface area contributed by atoms with Crippen molar-refractivity contribution in [3.05, 3.63) is 59.4 Å². The van der Waals surface area contributed by atoms with E-state index in [2.05, 4.69) is 4.74 Å². The number of allylic oxidation sites excluding steroid dienone is 1.